The van der Waals surface area contributed by atoms with Crippen LogP contribution in [0.25, 0.3) is 11.0 Å². The van der Waals surface area contributed by atoms with Gasteiger partial charge in [-0.2, -0.15) is 0 Å². The van der Waals surface area contributed by atoms with Gasteiger partial charge in [-0.25, -0.2) is 9.78 Å². The molecular formula is C17H15NO2S. The predicted molar refractivity (Wildman–Crippen MR) is 85.8 cm³/mol. The number of aromatic nitrogens is 1. The summed E-state index contributed by atoms with van der Waals surface area (Å²) >= 11 is 1.62. The lowest BCUT2D eigenvalue weighted by atomic mass is 10.0. The molecule has 0 fully saturated rings. The fourth-order valence-corrected chi connectivity index (χ4v) is 3.08. The molecule has 2 heterocycles. The predicted octanol–water partition coefficient (Wildman–Crippen LogP) is 4.10. The molecule has 1 aromatic carbocycles. The Morgan fingerprint density at radius 2 is 2.05 bits per heavy atom. The van der Waals surface area contributed by atoms with E-state index in [1.807, 2.05) is 38.1 Å². The maximum Gasteiger partial charge on any atom is 0.336 e. The Morgan fingerprint density at radius 1 is 1.19 bits per heavy atom. The number of thioether (sulfide) groups is 1. The first kappa shape index (κ1) is 13.9. The van der Waals surface area contributed by atoms with Gasteiger partial charge in [-0.3, -0.25) is 0 Å². The molecule has 3 rings (SSSR count). The molecule has 0 amide bonds. The molecule has 0 saturated carbocycles. The van der Waals surface area contributed by atoms with E-state index in [1.165, 1.54) is 0 Å². The molecule has 0 atom stereocenters. The molecule has 0 aliphatic heterocycles. The van der Waals surface area contributed by atoms with Gasteiger partial charge in [0.1, 0.15) is 5.58 Å². The summed E-state index contributed by atoms with van der Waals surface area (Å²) in [6, 6.07) is 11.5. The summed E-state index contributed by atoms with van der Waals surface area (Å²) in [5.74, 6) is 0.696. The number of nitrogens with zero attached hydrogens (tertiary/aromatic N) is 1. The van der Waals surface area contributed by atoms with Gasteiger partial charge in [0.05, 0.1) is 5.03 Å². The molecular weight excluding hydrogens is 282 g/mol. The van der Waals surface area contributed by atoms with Gasteiger partial charge in [0, 0.05) is 23.4 Å². The third-order valence-corrected chi connectivity index (χ3v) is 4.52. The molecule has 0 bridgehead atoms. The Hall–Kier alpha value is -2.07. The normalized spacial score (nSPS) is 11.0. The zero-order valence-corrected chi connectivity index (χ0v) is 12.7. The molecule has 3 nitrogen and oxygen atoms in total. The van der Waals surface area contributed by atoms with E-state index in [0.717, 1.165) is 27.1 Å². The van der Waals surface area contributed by atoms with E-state index in [9.17, 15) is 4.79 Å². The minimum atomic E-state index is -0.298. The molecule has 0 N–H and O–H groups in total. The maximum atomic E-state index is 11.8. The Bertz CT molecular complexity index is 841. The second-order valence-corrected chi connectivity index (χ2v) is 5.93. The van der Waals surface area contributed by atoms with Crippen LogP contribution >= 0.6 is 11.8 Å². The first-order valence-electron chi connectivity index (χ1n) is 6.72. The molecule has 0 radical (unpaired) electrons. The van der Waals surface area contributed by atoms with Gasteiger partial charge in [0.2, 0.25) is 0 Å². The average Bonchev–Trinajstić information content (AvgIpc) is 2.50. The Kier molecular flexibility index (Phi) is 3.80. The summed E-state index contributed by atoms with van der Waals surface area (Å²) in [6.45, 7) is 4.00. The minimum absolute atomic E-state index is 0.298. The van der Waals surface area contributed by atoms with Gasteiger partial charge in [0.25, 0.3) is 0 Å². The van der Waals surface area contributed by atoms with Crippen LogP contribution < -0.4 is 5.63 Å². The van der Waals surface area contributed by atoms with Gasteiger partial charge in [-0.05, 0) is 42.7 Å². The van der Waals surface area contributed by atoms with Crippen LogP contribution in [0.2, 0.25) is 0 Å². The highest BCUT2D eigenvalue weighted by atomic mass is 32.2. The van der Waals surface area contributed by atoms with Crippen molar-refractivity contribution in [1.82, 2.24) is 4.98 Å². The van der Waals surface area contributed by atoms with Crippen molar-refractivity contribution in [3.05, 3.63) is 69.7 Å². The van der Waals surface area contributed by atoms with Crippen molar-refractivity contribution in [3.63, 3.8) is 0 Å². The lowest BCUT2D eigenvalue weighted by Gasteiger charge is -2.08. The lowest BCUT2D eigenvalue weighted by molar-refractivity contribution is 0.557. The fraction of sp³-hybridized carbons (Fsp3) is 0.176. The summed E-state index contributed by atoms with van der Waals surface area (Å²) in [6.07, 6.45) is 1.77. The number of aryl methyl sites for hydroxylation is 2. The largest absolute Gasteiger partial charge is 0.422 e. The van der Waals surface area contributed by atoms with Gasteiger partial charge in [0.15, 0.2) is 0 Å². The third-order valence-electron chi connectivity index (χ3n) is 3.53. The molecule has 0 unspecified atom stereocenters. The van der Waals surface area contributed by atoms with E-state index in [4.69, 9.17) is 4.42 Å². The first-order chi connectivity index (χ1) is 10.1. The molecule has 4 heteroatoms. The molecule has 21 heavy (non-hydrogen) atoms. The van der Waals surface area contributed by atoms with Crippen molar-refractivity contribution < 1.29 is 4.42 Å². The zero-order chi connectivity index (χ0) is 14.8. The number of benzene rings is 1. The number of hydrogen-bond donors (Lipinski definition) is 0. The van der Waals surface area contributed by atoms with Gasteiger partial charge in [-0.15, -0.1) is 11.8 Å². The highest BCUT2D eigenvalue weighted by Crippen LogP contribution is 2.27. The van der Waals surface area contributed by atoms with Crippen molar-refractivity contribution in [2.75, 3.05) is 0 Å². The van der Waals surface area contributed by atoms with Crippen LogP contribution in [0.15, 0.2) is 56.8 Å². The summed E-state index contributed by atoms with van der Waals surface area (Å²) in [5, 5.41) is 1.95. The van der Waals surface area contributed by atoms with Crippen molar-refractivity contribution in [1.29, 1.82) is 0 Å². The number of hydrogen-bond acceptors (Lipinski definition) is 4. The van der Waals surface area contributed by atoms with Crippen molar-refractivity contribution in [2.45, 2.75) is 24.6 Å². The second-order valence-electron chi connectivity index (χ2n) is 4.93. The zero-order valence-electron chi connectivity index (χ0n) is 11.9. The van der Waals surface area contributed by atoms with Gasteiger partial charge in [-0.1, -0.05) is 18.2 Å². The monoisotopic (exact) mass is 297 g/mol. The van der Waals surface area contributed by atoms with E-state index in [0.29, 0.717) is 11.3 Å². The van der Waals surface area contributed by atoms with Crippen LogP contribution in [-0.2, 0) is 5.75 Å². The highest BCUT2D eigenvalue weighted by molar-refractivity contribution is 7.98. The molecule has 0 spiro atoms. The maximum absolute atomic E-state index is 11.8. The fourth-order valence-electron chi connectivity index (χ4n) is 2.23. The Morgan fingerprint density at radius 3 is 2.81 bits per heavy atom. The highest BCUT2D eigenvalue weighted by Gasteiger charge is 2.10. The van der Waals surface area contributed by atoms with E-state index < -0.39 is 0 Å². The number of fused-ring (bicyclic) bond motifs is 1. The molecule has 0 aliphatic carbocycles. The molecule has 106 valence electrons. The second kappa shape index (κ2) is 5.74. The van der Waals surface area contributed by atoms with Crippen molar-refractivity contribution >= 4 is 22.7 Å². The van der Waals surface area contributed by atoms with Crippen LogP contribution in [0.3, 0.4) is 0 Å². The lowest BCUT2D eigenvalue weighted by Crippen LogP contribution is -2.01. The van der Waals surface area contributed by atoms with Crippen LogP contribution in [0.5, 0.6) is 0 Å². The standard InChI is InChI=1S/C17H15NO2S/c1-11-6-7-14-13(9-16(19)20-17(14)12(11)2)10-21-15-5-3-4-8-18-15/h3-9H,10H2,1-2H3. The van der Waals surface area contributed by atoms with Gasteiger partial charge >= 0.3 is 5.63 Å². The van der Waals surface area contributed by atoms with Crippen LogP contribution in [0, 0.1) is 13.8 Å². The van der Waals surface area contributed by atoms with Crippen LogP contribution in [0.4, 0.5) is 0 Å². The van der Waals surface area contributed by atoms with Gasteiger partial charge < -0.3 is 4.42 Å². The quantitative estimate of drug-likeness (QED) is 0.539. The third kappa shape index (κ3) is 2.85. The van der Waals surface area contributed by atoms with Crippen LogP contribution in [-0.4, -0.2) is 4.98 Å². The number of pyridine rings is 1. The molecule has 0 aliphatic rings. The number of rotatable bonds is 3. The van der Waals surface area contributed by atoms with E-state index in [1.54, 1.807) is 24.0 Å². The Labute approximate surface area is 127 Å². The summed E-state index contributed by atoms with van der Waals surface area (Å²) < 4.78 is 5.39. The van der Waals surface area contributed by atoms with Crippen LogP contribution in [0.1, 0.15) is 16.7 Å². The van der Waals surface area contributed by atoms with Crippen molar-refractivity contribution in [3.8, 4) is 0 Å². The van der Waals surface area contributed by atoms with E-state index in [2.05, 4.69) is 11.1 Å². The molecule has 2 aromatic heterocycles. The van der Waals surface area contributed by atoms with E-state index in [-0.39, 0.29) is 5.63 Å². The molecule has 0 saturated heterocycles. The Balaban J connectivity index is 2.02. The smallest absolute Gasteiger partial charge is 0.336 e. The summed E-state index contributed by atoms with van der Waals surface area (Å²) in [4.78, 5) is 16.1. The molecule has 3 aromatic rings. The van der Waals surface area contributed by atoms with E-state index >= 15 is 0 Å². The average molecular weight is 297 g/mol. The summed E-state index contributed by atoms with van der Waals surface area (Å²) in [7, 11) is 0. The SMILES string of the molecule is Cc1ccc2c(CSc3ccccn3)cc(=O)oc2c1C. The first-order valence-corrected chi connectivity index (χ1v) is 7.70. The summed E-state index contributed by atoms with van der Waals surface area (Å²) in [5.41, 5.74) is 3.53. The van der Waals surface area contributed by atoms with Crippen molar-refractivity contribution in [2.24, 2.45) is 0 Å². The minimum Gasteiger partial charge on any atom is -0.422 e. The topological polar surface area (TPSA) is 43.1 Å².